The summed E-state index contributed by atoms with van der Waals surface area (Å²) in [4.78, 5) is 14.6. The maximum atomic E-state index is 13.1. The van der Waals surface area contributed by atoms with Gasteiger partial charge in [-0.25, -0.2) is 4.68 Å². The van der Waals surface area contributed by atoms with Crippen LogP contribution in [0, 0.1) is 0 Å². The van der Waals surface area contributed by atoms with Crippen LogP contribution in [0.25, 0.3) is 16.9 Å². The van der Waals surface area contributed by atoms with Gasteiger partial charge in [-0.2, -0.15) is 5.10 Å². The van der Waals surface area contributed by atoms with Gasteiger partial charge >= 0.3 is 0 Å². The molecule has 162 valence electrons. The first kappa shape index (κ1) is 20.9. The zero-order chi connectivity index (χ0) is 21.6. The molecule has 0 aliphatic carbocycles. The van der Waals surface area contributed by atoms with E-state index in [9.17, 15) is 4.79 Å². The van der Waals surface area contributed by atoms with E-state index in [1.807, 2.05) is 54.6 Å². The molecule has 7 heteroatoms. The monoisotopic (exact) mass is 421 g/mol. The van der Waals surface area contributed by atoms with Crippen molar-refractivity contribution in [2.75, 3.05) is 40.4 Å². The SMILES string of the molecule is COc1ccc(-n2nc(-c3cccc(OC)c3)cc2C(=O)NCC[NH+]2CCCC2)cc1. The van der Waals surface area contributed by atoms with E-state index in [2.05, 4.69) is 5.32 Å². The lowest BCUT2D eigenvalue weighted by atomic mass is 10.1. The zero-order valence-corrected chi connectivity index (χ0v) is 18.1. The molecular weight excluding hydrogens is 392 g/mol. The van der Waals surface area contributed by atoms with Crippen molar-refractivity contribution in [3.8, 4) is 28.4 Å². The number of nitrogens with zero attached hydrogens (tertiary/aromatic N) is 2. The van der Waals surface area contributed by atoms with E-state index in [4.69, 9.17) is 14.6 Å². The van der Waals surface area contributed by atoms with Gasteiger partial charge < -0.3 is 19.7 Å². The minimum absolute atomic E-state index is 0.129. The summed E-state index contributed by atoms with van der Waals surface area (Å²) >= 11 is 0. The Labute approximate surface area is 182 Å². The third-order valence-electron chi connectivity index (χ3n) is 5.70. The Balaban J connectivity index is 1.62. The number of hydrogen-bond acceptors (Lipinski definition) is 4. The average Bonchev–Trinajstić information content (AvgIpc) is 3.49. The second-order valence-corrected chi connectivity index (χ2v) is 7.72. The first-order valence-electron chi connectivity index (χ1n) is 10.7. The van der Waals surface area contributed by atoms with Crippen molar-refractivity contribution < 1.29 is 19.2 Å². The average molecular weight is 422 g/mol. The van der Waals surface area contributed by atoms with E-state index in [0.29, 0.717) is 17.9 Å². The number of quaternary nitrogens is 1. The van der Waals surface area contributed by atoms with E-state index in [1.165, 1.54) is 25.9 Å². The summed E-state index contributed by atoms with van der Waals surface area (Å²) in [6.07, 6.45) is 2.55. The second-order valence-electron chi connectivity index (χ2n) is 7.72. The minimum atomic E-state index is -0.129. The molecule has 7 nitrogen and oxygen atoms in total. The molecule has 0 bridgehead atoms. The van der Waals surface area contributed by atoms with Gasteiger partial charge in [-0.15, -0.1) is 0 Å². The number of nitrogens with one attached hydrogen (secondary N) is 2. The maximum absolute atomic E-state index is 13.1. The number of likely N-dealkylation sites (tertiary alicyclic amines) is 1. The van der Waals surface area contributed by atoms with Crippen molar-refractivity contribution in [2.24, 2.45) is 0 Å². The lowest BCUT2D eigenvalue weighted by Crippen LogP contribution is -3.10. The summed E-state index contributed by atoms with van der Waals surface area (Å²) in [5.74, 6) is 1.37. The highest BCUT2D eigenvalue weighted by molar-refractivity contribution is 5.94. The maximum Gasteiger partial charge on any atom is 0.270 e. The van der Waals surface area contributed by atoms with Crippen LogP contribution in [0.3, 0.4) is 0 Å². The molecule has 0 atom stereocenters. The van der Waals surface area contributed by atoms with E-state index in [0.717, 1.165) is 29.3 Å². The number of carbonyl (C=O) groups is 1. The molecule has 1 amide bonds. The molecule has 1 fully saturated rings. The van der Waals surface area contributed by atoms with Crippen LogP contribution in [0.15, 0.2) is 54.6 Å². The van der Waals surface area contributed by atoms with E-state index in [1.54, 1.807) is 23.8 Å². The highest BCUT2D eigenvalue weighted by Crippen LogP contribution is 2.25. The number of hydrogen-bond donors (Lipinski definition) is 2. The second kappa shape index (κ2) is 9.66. The van der Waals surface area contributed by atoms with Gasteiger partial charge in [0.2, 0.25) is 0 Å². The van der Waals surface area contributed by atoms with E-state index < -0.39 is 0 Å². The number of benzene rings is 2. The smallest absolute Gasteiger partial charge is 0.270 e. The van der Waals surface area contributed by atoms with Crippen molar-refractivity contribution in [2.45, 2.75) is 12.8 Å². The summed E-state index contributed by atoms with van der Waals surface area (Å²) in [6, 6.07) is 17.0. The molecule has 0 unspecified atom stereocenters. The minimum Gasteiger partial charge on any atom is -0.497 e. The molecule has 0 radical (unpaired) electrons. The molecule has 0 spiro atoms. The highest BCUT2D eigenvalue weighted by atomic mass is 16.5. The largest absolute Gasteiger partial charge is 0.497 e. The molecule has 4 rings (SSSR count). The summed E-state index contributed by atoms with van der Waals surface area (Å²) in [7, 11) is 3.27. The molecule has 1 saturated heterocycles. The van der Waals surface area contributed by atoms with Gasteiger partial charge in [-0.3, -0.25) is 4.79 Å². The van der Waals surface area contributed by atoms with Crippen LogP contribution in [-0.4, -0.2) is 56.1 Å². The van der Waals surface area contributed by atoms with Gasteiger partial charge in [-0.05, 0) is 42.5 Å². The van der Waals surface area contributed by atoms with Crippen molar-refractivity contribution >= 4 is 5.91 Å². The van der Waals surface area contributed by atoms with Crippen LogP contribution in [0.1, 0.15) is 23.3 Å². The Bertz CT molecular complexity index is 1020. The van der Waals surface area contributed by atoms with Crippen LogP contribution in [0.4, 0.5) is 0 Å². The van der Waals surface area contributed by atoms with Crippen LogP contribution < -0.4 is 19.7 Å². The molecule has 31 heavy (non-hydrogen) atoms. The predicted octanol–water partition coefficient (Wildman–Crippen LogP) is 1.96. The van der Waals surface area contributed by atoms with Crippen LogP contribution in [0.2, 0.25) is 0 Å². The van der Waals surface area contributed by atoms with Gasteiger partial charge in [0.25, 0.3) is 5.91 Å². The van der Waals surface area contributed by atoms with Crippen molar-refractivity contribution in [3.05, 3.63) is 60.3 Å². The molecule has 3 aromatic rings. The summed E-state index contributed by atoms with van der Waals surface area (Å²) in [5.41, 5.74) is 2.90. The Morgan fingerprint density at radius 1 is 1.03 bits per heavy atom. The fourth-order valence-electron chi connectivity index (χ4n) is 3.95. The molecule has 1 aromatic heterocycles. The van der Waals surface area contributed by atoms with Gasteiger partial charge in [-0.1, -0.05) is 12.1 Å². The topological polar surface area (TPSA) is 69.8 Å². The van der Waals surface area contributed by atoms with E-state index >= 15 is 0 Å². The van der Waals surface area contributed by atoms with Gasteiger partial charge in [0.1, 0.15) is 17.2 Å². The standard InChI is InChI=1S/C24H28N4O3/c1-30-20-10-8-19(9-11-20)28-23(24(29)25-12-15-27-13-3-4-14-27)17-22(26-28)18-6-5-7-21(16-18)31-2/h5-11,16-17H,3-4,12-15H2,1-2H3,(H,25,29)/p+1. The molecule has 2 heterocycles. The Morgan fingerprint density at radius 2 is 1.77 bits per heavy atom. The Kier molecular flexibility index (Phi) is 6.52. The summed E-state index contributed by atoms with van der Waals surface area (Å²) in [5, 5.41) is 7.82. The number of carbonyl (C=O) groups excluding carboxylic acids is 1. The van der Waals surface area contributed by atoms with Crippen molar-refractivity contribution in [3.63, 3.8) is 0 Å². The van der Waals surface area contributed by atoms with Gasteiger partial charge in [0.15, 0.2) is 0 Å². The van der Waals surface area contributed by atoms with Crippen LogP contribution in [0.5, 0.6) is 11.5 Å². The molecule has 1 aliphatic heterocycles. The zero-order valence-electron chi connectivity index (χ0n) is 18.1. The normalized spacial score (nSPS) is 13.9. The fourth-order valence-corrected chi connectivity index (χ4v) is 3.95. The van der Waals surface area contributed by atoms with Gasteiger partial charge in [0, 0.05) is 18.4 Å². The van der Waals surface area contributed by atoms with Crippen molar-refractivity contribution in [1.29, 1.82) is 0 Å². The van der Waals surface area contributed by atoms with E-state index in [-0.39, 0.29) is 5.91 Å². The summed E-state index contributed by atoms with van der Waals surface area (Å²) < 4.78 is 12.3. The van der Waals surface area contributed by atoms with Gasteiger partial charge in [0.05, 0.1) is 51.8 Å². The van der Waals surface area contributed by atoms with Crippen LogP contribution >= 0.6 is 0 Å². The lowest BCUT2D eigenvalue weighted by molar-refractivity contribution is -0.886. The number of rotatable bonds is 8. The number of amides is 1. The quantitative estimate of drug-likeness (QED) is 0.584. The molecule has 2 N–H and O–H groups in total. The van der Waals surface area contributed by atoms with Crippen molar-refractivity contribution in [1.82, 2.24) is 15.1 Å². The Hall–Kier alpha value is -3.32. The fraction of sp³-hybridized carbons (Fsp3) is 0.333. The Morgan fingerprint density at radius 3 is 2.48 bits per heavy atom. The number of methoxy groups -OCH3 is 2. The highest BCUT2D eigenvalue weighted by Gasteiger charge is 2.19. The summed E-state index contributed by atoms with van der Waals surface area (Å²) in [6.45, 7) is 3.99. The molecule has 0 saturated carbocycles. The first-order chi connectivity index (χ1) is 15.2. The molecule has 1 aliphatic rings. The number of ether oxygens (including phenoxy) is 2. The molecule has 2 aromatic carbocycles. The number of aromatic nitrogens is 2. The third-order valence-corrected chi connectivity index (χ3v) is 5.70. The van der Waals surface area contributed by atoms with Crippen LogP contribution in [-0.2, 0) is 0 Å². The first-order valence-corrected chi connectivity index (χ1v) is 10.7. The lowest BCUT2D eigenvalue weighted by Gasteiger charge is -2.13. The predicted molar refractivity (Wildman–Crippen MR) is 119 cm³/mol. The molecular formula is C24H29N4O3+. The third kappa shape index (κ3) is 4.88.